The van der Waals surface area contributed by atoms with Crippen molar-refractivity contribution in [2.75, 3.05) is 11.5 Å². The van der Waals surface area contributed by atoms with Gasteiger partial charge >= 0.3 is 0 Å². The van der Waals surface area contributed by atoms with Gasteiger partial charge in [0.25, 0.3) is 10.0 Å². The van der Waals surface area contributed by atoms with Gasteiger partial charge in [-0.05, 0) is 12.2 Å². The van der Waals surface area contributed by atoms with Crippen LogP contribution in [0.15, 0.2) is 11.2 Å². The highest BCUT2D eigenvalue weighted by Crippen LogP contribution is 2.19. The van der Waals surface area contributed by atoms with E-state index in [9.17, 15) is 8.42 Å². The zero-order chi connectivity index (χ0) is 11.6. The van der Waals surface area contributed by atoms with E-state index in [4.69, 9.17) is 0 Å². The predicted octanol–water partition coefficient (Wildman–Crippen LogP) is 0.756. The van der Waals surface area contributed by atoms with Gasteiger partial charge in [0.15, 0.2) is 5.03 Å². The van der Waals surface area contributed by atoms with E-state index in [1.54, 1.807) is 11.8 Å². The van der Waals surface area contributed by atoms with Gasteiger partial charge in [0.1, 0.15) is 5.82 Å². The summed E-state index contributed by atoms with van der Waals surface area (Å²) < 4.78 is 26.5. The molecule has 2 heterocycles. The van der Waals surface area contributed by atoms with Gasteiger partial charge in [-0.1, -0.05) is 6.92 Å². The normalized spacial score (nSPS) is 21.4. The Hall–Kier alpha value is -0.530. The van der Waals surface area contributed by atoms with E-state index < -0.39 is 10.0 Å². The van der Waals surface area contributed by atoms with E-state index in [2.05, 4.69) is 14.7 Å². The summed E-state index contributed by atoms with van der Waals surface area (Å²) in [6.45, 7) is 1.93. The van der Waals surface area contributed by atoms with Gasteiger partial charge in [-0.2, -0.15) is 11.8 Å². The molecule has 7 heteroatoms. The number of aromatic nitrogens is 2. The maximum atomic E-state index is 11.9. The Morgan fingerprint density at radius 2 is 2.50 bits per heavy atom. The molecule has 1 saturated heterocycles. The molecule has 0 aromatic carbocycles. The number of aromatic amines is 1. The van der Waals surface area contributed by atoms with Gasteiger partial charge in [0.2, 0.25) is 0 Å². The predicted molar refractivity (Wildman–Crippen MR) is 64.0 cm³/mol. The minimum absolute atomic E-state index is 0.0587. The van der Waals surface area contributed by atoms with E-state index in [1.165, 1.54) is 6.20 Å². The highest BCUT2D eigenvalue weighted by molar-refractivity contribution is 7.99. The van der Waals surface area contributed by atoms with Crippen LogP contribution in [0.1, 0.15) is 19.2 Å². The van der Waals surface area contributed by atoms with E-state index in [1.807, 2.05) is 6.92 Å². The molecule has 2 N–H and O–H groups in total. The van der Waals surface area contributed by atoms with E-state index >= 15 is 0 Å². The molecule has 1 unspecified atom stereocenters. The van der Waals surface area contributed by atoms with Crippen LogP contribution < -0.4 is 4.72 Å². The smallest absolute Gasteiger partial charge is 0.257 e. The van der Waals surface area contributed by atoms with Crippen LogP contribution in [0.5, 0.6) is 0 Å². The third-order valence-corrected chi connectivity index (χ3v) is 5.07. The molecule has 16 heavy (non-hydrogen) atoms. The lowest BCUT2D eigenvalue weighted by molar-refractivity contribution is 0.560. The molecule has 0 saturated carbocycles. The van der Waals surface area contributed by atoms with Crippen molar-refractivity contribution in [2.24, 2.45) is 0 Å². The van der Waals surface area contributed by atoms with Crippen LogP contribution in [-0.4, -0.2) is 35.9 Å². The quantitative estimate of drug-likeness (QED) is 0.839. The van der Waals surface area contributed by atoms with Gasteiger partial charge in [0, 0.05) is 18.2 Å². The third-order valence-electron chi connectivity index (χ3n) is 2.48. The van der Waals surface area contributed by atoms with Crippen molar-refractivity contribution in [3.8, 4) is 0 Å². The molecule has 1 fully saturated rings. The summed E-state index contributed by atoms with van der Waals surface area (Å²) in [4.78, 5) is 6.80. The fourth-order valence-corrected chi connectivity index (χ4v) is 4.04. The van der Waals surface area contributed by atoms with Gasteiger partial charge < -0.3 is 4.98 Å². The summed E-state index contributed by atoms with van der Waals surface area (Å²) >= 11 is 1.78. The number of sulfonamides is 1. The second kappa shape index (κ2) is 4.77. The number of rotatable bonds is 4. The molecule has 1 aromatic rings. The van der Waals surface area contributed by atoms with Crippen LogP contribution in [0.4, 0.5) is 0 Å². The first-order valence-electron chi connectivity index (χ1n) is 5.26. The van der Waals surface area contributed by atoms with E-state index in [0.717, 1.165) is 17.9 Å². The molecule has 0 spiro atoms. The molecule has 1 aromatic heterocycles. The fraction of sp³-hybridized carbons (Fsp3) is 0.667. The number of nitrogens with one attached hydrogen (secondary N) is 2. The standard InChI is InChI=1S/C9H15N3O2S2/c1-2-8-10-5-9(11-8)16(13,14)12-7-3-4-15-6-7/h5,7,12H,2-4,6H2,1H3,(H,10,11). The molecule has 90 valence electrons. The lowest BCUT2D eigenvalue weighted by atomic mass is 10.3. The lowest BCUT2D eigenvalue weighted by Gasteiger charge is -2.09. The minimum Gasteiger partial charge on any atom is -0.332 e. The van der Waals surface area contributed by atoms with Gasteiger partial charge in [-0.3, -0.25) is 0 Å². The van der Waals surface area contributed by atoms with Gasteiger partial charge in [0.05, 0.1) is 6.20 Å². The van der Waals surface area contributed by atoms with Crippen LogP contribution in [0, 0.1) is 0 Å². The Bertz CT molecular complexity index is 449. The molecule has 0 radical (unpaired) electrons. The molecule has 0 aliphatic carbocycles. The Morgan fingerprint density at radius 1 is 1.69 bits per heavy atom. The SMILES string of the molecule is CCc1ncc(S(=O)(=O)NC2CCSC2)[nH]1. The van der Waals surface area contributed by atoms with Crippen molar-refractivity contribution >= 4 is 21.8 Å². The fourth-order valence-electron chi connectivity index (χ4n) is 1.57. The zero-order valence-corrected chi connectivity index (χ0v) is 10.7. The van der Waals surface area contributed by atoms with Crippen molar-refractivity contribution in [1.29, 1.82) is 0 Å². The molecule has 2 rings (SSSR count). The largest absolute Gasteiger partial charge is 0.332 e. The molecule has 5 nitrogen and oxygen atoms in total. The number of hydrogen-bond donors (Lipinski definition) is 2. The second-order valence-corrected chi connectivity index (χ2v) is 6.56. The number of thioether (sulfide) groups is 1. The highest BCUT2D eigenvalue weighted by Gasteiger charge is 2.24. The number of aryl methyl sites for hydroxylation is 1. The Morgan fingerprint density at radius 3 is 3.06 bits per heavy atom. The Balaban J connectivity index is 2.11. The van der Waals surface area contributed by atoms with Crippen LogP contribution in [0.3, 0.4) is 0 Å². The summed E-state index contributed by atoms with van der Waals surface area (Å²) in [5.41, 5.74) is 0. The molecule has 0 amide bonds. The Labute approximate surface area is 99.5 Å². The maximum absolute atomic E-state index is 11.9. The van der Waals surface area contributed by atoms with Crippen molar-refractivity contribution in [3.05, 3.63) is 12.0 Å². The van der Waals surface area contributed by atoms with Crippen molar-refractivity contribution in [2.45, 2.75) is 30.8 Å². The first kappa shape index (κ1) is 11.9. The summed E-state index contributed by atoms with van der Waals surface area (Å²) in [5, 5.41) is 0.168. The average molecular weight is 261 g/mol. The van der Waals surface area contributed by atoms with Crippen molar-refractivity contribution in [3.63, 3.8) is 0 Å². The molecule has 1 aliphatic rings. The molecule has 1 aliphatic heterocycles. The number of hydrogen-bond acceptors (Lipinski definition) is 4. The van der Waals surface area contributed by atoms with E-state index in [0.29, 0.717) is 12.2 Å². The highest BCUT2D eigenvalue weighted by atomic mass is 32.2. The van der Waals surface area contributed by atoms with Crippen LogP contribution in [0.25, 0.3) is 0 Å². The van der Waals surface area contributed by atoms with Crippen molar-refractivity contribution in [1.82, 2.24) is 14.7 Å². The molecule has 0 bridgehead atoms. The molecule has 1 atom stereocenters. The molecular formula is C9H15N3O2S2. The summed E-state index contributed by atoms with van der Waals surface area (Å²) in [7, 11) is -3.41. The first-order chi connectivity index (χ1) is 7.62. The molecular weight excluding hydrogens is 246 g/mol. The monoisotopic (exact) mass is 261 g/mol. The van der Waals surface area contributed by atoms with Crippen LogP contribution in [-0.2, 0) is 16.4 Å². The summed E-state index contributed by atoms with van der Waals surface area (Å²) in [6.07, 6.45) is 2.98. The third kappa shape index (κ3) is 2.58. The van der Waals surface area contributed by atoms with Gasteiger partial charge in [-0.25, -0.2) is 18.1 Å². The maximum Gasteiger partial charge on any atom is 0.257 e. The van der Waals surface area contributed by atoms with Crippen LogP contribution >= 0.6 is 11.8 Å². The van der Waals surface area contributed by atoms with Crippen LogP contribution in [0.2, 0.25) is 0 Å². The Kier molecular flexibility index (Phi) is 3.56. The lowest BCUT2D eigenvalue weighted by Crippen LogP contribution is -2.34. The number of imidazole rings is 1. The number of H-pyrrole nitrogens is 1. The van der Waals surface area contributed by atoms with Crippen molar-refractivity contribution < 1.29 is 8.42 Å². The second-order valence-electron chi connectivity index (χ2n) is 3.73. The topological polar surface area (TPSA) is 74.8 Å². The van der Waals surface area contributed by atoms with E-state index in [-0.39, 0.29) is 11.1 Å². The average Bonchev–Trinajstić information content (AvgIpc) is 2.85. The number of nitrogens with zero attached hydrogens (tertiary/aromatic N) is 1. The zero-order valence-electron chi connectivity index (χ0n) is 9.06. The minimum atomic E-state index is -3.41. The summed E-state index contributed by atoms with van der Waals surface area (Å²) in [6, 6.07) is 0.0587. The van der Waals surface area contributed by atoms with Gasteiger partial charge in [-0.15, -0.1) is 0 Å². The summed E-state index contributed by atoms with van der Waals surface area (Å²) in [5.74, 6) is 2.57. The first-order valence-corrected chi connectivity index (χ1v) is 7.89.